The fourth-order valence-electron chi connectivity index (χ4n) is 5.94. The summed E-state index contributed by atoms with van der Waals surface area (Å²) in [5.74, 6) is 1.02. The van der Waals surface area contributed by atoms with E-state index in [2.05, 4.69) is 20.8 Å². The van der Waals surface area contributed by atoms with E-state index in [0.29, 0.717) is 0 Å². The second-order valence-electron chi connectivity index (χ2n) is 12.3. The lowest BCUT2D eigenvalue weighted by molar-refractivity contribution is 0.367. The summed E-state index contributed by atoms with van der Waals surface area (Å²) in [6.07, 6.45) is 46.7. The molecule has 0 aromatic rings. The van der Waals surface area contributed by atoms with E-state index < -0.39 is 0 Å². The third-order valence-corrected chi connectivity index (χ3v) is 8.54. The van der Waals surface area contributed by atoms with Crippen LogP contribution in [0.4, 0.5) is 0 Å². The minimum absolute atomic E-state index is 1.02. The predicted octanol–water partition coefficient (Wildman–Crippen LogP) is 14.0. The lowest BCUT2D eigenvalue weighted by Gasteiger charge is -2.17. The first-order valence-corrected chi connectivity index (χ1v) is 17.6. The first-order valence-electron chi connectivity index (χ1n) is 17.6. The van der Waals surface area contributed by atoms with Crippen LogP contribution in [-0.4, -0.2) is 0 Å². The summed E-state index contributed by atoms with van der Waals surface area (Å²) >= 11 is 0. The fraction of sp³-hybridized carbons (Fsp3) is 0.972. The molecule has 0 spiro atoms. The van der Waals surface area contributed by atoms with E-state index in [1.165, 1.54) is 199 Å². The van der Waals surface area contributed by atoms with Gasteiger partial charge in [-0.15, -0.1) is 0 Å². The Morgan fingerprint density at radius 3 is 0.778 bits per heavy atom. The van der Waals surface area contributed by atoms with Gasteiger partial charge in [0.15, 0.2) is 0 Å². The van der Waals surface area contributed by atoms with Crippen LogP contribution in [0, 0.1) is 12.8 Å². The highest BCUT2D eigenvalue weighted by Crippen LogP contribution is 2.24. The van der Waals surface area contributed by atoms with Gasteiger partial charge in [0.05, 0.1) is 0 Å². The Labute approximate surface area is 232 Å². The topological polar surface area (TPSA) is 0 Å². The van der Waals surface area contributed by atoms with Crippen molar-refractivity contribution in [2.75, 3.05) is 0 Å². The van der Waals surface area contributed by atoms with Crippen molar-refractivity contribution in [3.8, 4) is 0 Å². The maximum Gasteiger partial charge on any atom is -0.0414 e. The van der Waals surface area contributed by atoms with E-state index in [1.807, 2.05) is 0 Å². The molecule has 0 saturated heterocycles. The number of hydrogen-bond acceptors (Lipinski definition) is 0. The quantitative estimate of drug-likeness (QED) is 0.0797. The number of hydrogen-bond donors (Lipinski definition) is 0. The molecule has 0 amide bonds. The summed E-state index contributed by atoms with van der Waals surface area (Å²) in [5, 5.41) is 0. The minimum Gasteiger partial charge on any atom is -0.0654 e. The molecule has 0 heteroatoms. The highest BCUT2D eigenvalue weighted by Gasteiger charge is 2.08. The van der Waals surface area contributed by atoms with Crippen LogP contribution in [0.3, 0.4) is 0 Å². The Bertz CT molecular complexity index is 359. The largest absolute Gasteiger partial charge is 0.0654 e. The molecule has 0 fully saturated rings. The standard InChI is InChI=1S/C36H73/c1-4-7-10-13-15-16-17-18-19-20-21-22-23-24-25-26-27-29-32-35-36(33-30-12-9-6-3)34-31-28-14-11-8-5-2/h36H,3-35H2,1-2H3. The Kier molecular flexibility index (Phi) is 33.0. The zero-order valence-corrected chi connectivity index (χ0v) is 25.9. The second-order valence-corrected chi connectivity index (χ2v) is 12.3. The van der Waals surface area contributed by atoms with Crippen LogP contribution in [0.1, 0.15) is 219 Å². The van der Waals surface area contributed by atoms with Gasteiger partial charge in [0.1, 0.15) is 0 Å². The molecule has 36 heavy (non-hydrogen) atoms. The van der Waals surface area contributed by atoms with Crippen molar-refractivity contribution in [2.45, 2.75) is 219 Å². The van der Waals surface area contributed by atoms with E-state index in [4.69, 9.17) is 0 Å². The van der Waals surface area contributed by atoms with Gasteiger partial charge >= 0.3 is 0 Å². The third-order valence-electron chi connectivity index (χ3n) is 8.54. The van der Waals surface area contributed by atoms with Gasteiger partial charge in [0.2, 0.25) is 0 Å². The van der Waals surface area contributed by atoms with E-state index >= 15 is 0 Å². The fourth-order valence-corrected chi connectivity index (χ4v) is 5.94. The van der Waals surface area contributed by atoms with Gasteiger partial charge in [0, 0.05) is 0 Å². The highest BCUT2D eigenvalue weighted by atomic mass is 14.1. The lowest BCUT2D eigenvalue weighted by Crippen LogP contribution is -2.01. The molecule has 0 saturated carbocycles. The summed E-state index contributed by atoms with van der Waals surface area (Å²) in [6.45, 7) is 8.65. The van der Waals surface area contributed by atoms with Crippen LogP contribution in [0.15, 0.2) is 0 Å². The molecule has 0 aliphatic rings. The van der Waals surface area contributed by atoms with Crippen LogP contribution in [0.2, 0.25) is 0 Å². The molecular formula is C36H73. The van der Waals surface area contributed by atoms with Crippen molar-refractivity contribution in [1.82, 2.24) is 0 Å². The van der Waals surface area contributed by atoms with Crippen molar-refractivity contribution in [3.05, 3.63) is 6.92 Å². The zero-order valence-electron chi connectivity index (χ0n) is 25.9. The Morgan fingerprint density at radius 1 is 0.306 bits per heavy atom. The van der Waals surface area contributed by atoms with Gasteiger partial charge in [-0.2, -0.15) is 0 Å². The maximum atomic E-state index is 4.02. The normalized spacial score (nSPS) is 12.4. The van der Waals surface area contributed by atoms with Gasteiger partial charge in [-0.3, -0.25) is 0 Å². The van der Waals surface area contributed by atoms with Crippen LogP contribution in [-0.2, 0) is 0 Å². The Hall–Kier alpha value is 0. The van der Waals surface area contributed by atoms with E-state index in [-0.39, 0.29) is 0 Å². The van der Waals surface area contributed by atoms with E-state index in [9.17, 15) is 0 Å². The van der Waals surface area contributed by atoms with Crippen LogP contribution < -0.4 is 0 Å². The molecule has 0 aromatic heterocycles. The van der Waals surface area contributed by atoms with Crippen LogP contribution in [0.25, 0.3) is 0 Å². The van der Waals surface area contributed by atoms with Crippen LogP contribution >= 0.6 is 0 Å². The van der Waals surface area contributed by atoms with E-state index in [0.717, 1.165) is 12.3 Å². The molecule has 0 aliphatic carbocycles. The zero-order chi connectivity index (χ0) is 26.2. The minimum atomic E-state index is 1.02. The lowest BCUT2D eigenvalue weighted by atomic mass is 9.89. The van der Waals surface area contributed by atoms with Crippen molar-refractivity contribution in [1.29, 1.82) is 0 Å². The molecular weight excluding hydrogens is 432 g/mol. The Balaban J connectivity index is 3.47. The smallest absolute Gasteiger partial charge is 0.0414 e. The van der Waals surface area contributed by atoms with E-state index in [1.54, 1.807) is 0 Å². The average molecular weight is 506 g/mol. The molecule has 0 rings (SSSR count). The average Bonchev–Trinajstić information content (AvgIpc) is 2.89. The molecule has 1 atom stereocenters. The summed E-state index contributed by atoms with van der Waals surface area (Å²) in [7, 11) is 0. The summed E-state index contributed by atoms with van der Waals surface area (Å²) < 4.78 is 0. The Morgan fingerprint density at radius 2 is 0.528 bits per heavy atom. The maximum absolute atomic E-state index is 4.02. The molecule has 0 heterocycles. The molecule has 0 aliphatic heterocycles. The van der Waals surface area contributed by atoms with Crippen molar-refractivity contribution < 1.29 is 0 Å². The number of unbranched alkanes of at least 4 members (excludes halogenated alkanes) is 26. The summed E-state index contributed by atoms with van der Waals surface area (Å²) in [6, 6.07) is 0. The monoisotopic (exact) mass is 506 g/mol. The number of rotatable bonds is 32. The molecule has 0 aromatic carbocycles. The first-order chi connectivity index (χ1) is 17.8. The molecule has 1 radical (unpaired) electrons. The second kappa shape index (κ2) is 33.0. The van der Waals surface area contributed by atoms with Gasteiger partial charge in [-0.05, 0) is 5.92 Å². The SMILES string of the molecule is [CH2]CCCCCC(CCCCCCCC)CCCCCCCCCCCCCCCCCCCCC. The van der Waals surface area contributed by atoms with Crippen LogP contribution in [0.5, 0.6) is 0 Å². The third kappa shape index (κ3) is 30.2. The van der Waals surface area contributed by atoms with Crippen molar-refractivity contribution in [2.24, 2.45) is 5.92 Å². The van der Waals surface area contributed by atoms with Gasteiger partial charge in [-0.25, -0.2) is 0 Å². The highest BCUT2D eigenvalue weighted by molar-refractivity contribution is 4.62. The van der Waals surface area contributed by atoms with Gasteiger partial charge < -0.3 is 0 Å². The molecule has 0 bridgehead atoms. The molecule has 1 unspecified atom stereocenters. The van der Waals surface area contributed by atoms with Crippen molar-refractivity contribution in [3.63, 3.8) is 0 Å². The molecule has 0 nitrogen and oxygen atoms in total. The molecule has 0 N–H and O–H groups in total. The summed E-state index contributed by atoms with van der Waals surface area (Å²) in [4.78, 5) is 0. The molecule has 217 valence electrons. The van der Waals surface area contributed by atoms with Gasteiger partial charge in [0.25, 0.3) is 0 Å². The first kappa shape index (κ1) is 36.0. The van der Waals surface area contributed by atoms with Gasteiger partial charge in [-0.1, -0.05) is 226 Å². The van der Waals surface area contributed by atoms with Crippen molar-refractivity contribution >= 4 is 0 Å². The summed E-state index contributed by atoms with van der Waals surface area (Å²) in [5.41, 5.74) is 0. The predicted molar refractivity (Wildman–Crippen MR) is 168 cm³/mol.